The number of hydrogen-bond acceptors (Lipinski definition) is 0. The summed E-state index contributed by atoms with van der Waals surface area (Å²) in [4.78, 5) is 0. The molecule has 0 bridgehead atoms. The van der Waals surface area contributed by atoms with Crippen molar-refractivity contribution in [3.63, 3.8) is 0 Å². The van der Waals surface area contributed by atoms with Crippen molar-refractivity contribution in [2.45, 2.75) is 18.3 Å². The molecule has 0 nitrogen and oxygen atoms in total. The molecule has 51 valence electrons. The number of hydrogen-bond donors (Lipinski definition) is 0. The molecule has 1 radical (unpaired) electrons. The minimum Gasteiger partial charge on any atom is -0.0622 e. The first kappa shape index (κ1) is 5.96. The molecular weight excluding hydrogens is 120 g/mol. The van der Waals surface area contributed by atoms with E-state index in [9.17, 15) is 0 Å². The Hall–Kier alpha value is -0.780. The highest BCUT2D eigenvalue weighted by molar-refractivity contribution is 5.32. The van der Waals surface area contributed by atoms with Crippen LogP contribution in [0.2, 0.25) is 0 Å². The predicted molar refractivity (Wildman–Crippen MR) is 42.7 cm³/mol. The standard InChI is InChI=1S/C10H11/c1-10(7-8-10)9-5-3-2-4-6-9/h2-6H,1,7-8H2. The maximum atomic E-state index is 4.15. The average Bonchev–Trinajstić information content (AvgIpc) is 2.72. The highest BCUT2D eigenvalue weighted by atomic mass is 14.4. The molecule has 0 unspecified atom stereocenters. The van der Waals surface area contributed by atoms with Gasteiger partial charge in [-0.25, -0.2) is 0 Å². The number of rotatable bonds is 1. The van der Waals surface area contributed by atoms with Gasteiger partial charge in [0.15, 0.2) is 0 Å². The van der Waals surface area contributed by atoms with Crippen LogP contribution in [-0.2, 0) is 5.41 Å². The van der Waals surface area contributed by atoms with Gasteiger partial charge in [0.25, 0.3) is 0 Å². The van der Waals surface area contributed by atoms with Crippen LogP contribution in [0.4, 0.5) is 0 Å². The Morgan fingerprint density at radius 2 is 1.70 bits per heavy atom. The second-order valence-electron chi connectivity index (χ2n) is 3.15. The van der Waals surface area contributed by atoms with Gasteiger partial charge in [0.05, 0.1) is 0 Å². The van der Waals surface area contributed by atoms with E-state index in [1.807, 2.05) is 0 Å². The molecule has 0 heteroatoms. The molecule has 1 aliphatic carbocycles. The van der Waals surface area contributed by atoms with Gasteiger partial charge in [-0.3, -0.25) is 0 Å². The van der Waals surface area contributed by atoms with Gasteiger partial charge in [0.2, 0.25) is 0 Å². The van der Waals surface area contributed by atoms with Crippen molar-refractivity contribution in [1.82, 2.24) is 0 Å². The second kappa shape index (κ2) is 1.85. The topological polar surface area (TPSA) is 0 Å². The fourth-order valence-electron chi connectivity index (χ4n) is 1.23. The van der Waals surface area contributed by atoms with Gasteiger partial charge in [-0.1, -0.05) is 30.3 Å². The minimum absolute atomic E-state index is 0.293. The monoisotopic (exact) mass is 131 g/mol. The lowest BCUT2D eigenvalue weighted by Crippen LogP contribution is -1.98. The maximum absolute atomic E-state index is 4.15. The van der Waals surface area contributed by atoms with Crippen LogP contribution in [0.1, 0.15) is 18.4 Å². The van der Waals surface area contributed by atoms with E-state index in [1.165, 1.54) is 18.4 Å². The van der Waals surface area contributed by atoms with E-state index in [2.05, 4.69) is 37.3 Å². The third kappa shape index (κ3) is 0.841. The van der Waals surface area contributed by atoms with Crippen LogP contribution in [0.15, 0.2) is 30.3 Å². The minimum atomic E-state index is 0.293. The largest absolute Gasteiger partial charge is 0.0622 e. The fourth-order valence-corrected chi connectivity index (χ4v) is 1.23. The number of benzene rings is 1. The zero-order valence-corrected chi connectivity index (χ0v) is 6.01. The third-order valence-electron chi connectivity index (χ3n) is 2.24. The van der Waals surface area contributed by atoms with Crippen LogP contribution in [0.25, 0.3) is 0 Å². The van der Waals surface area contributed by atoms with Crippen molar-refractivity contribution < 1.29 is 0 Å². The van der Waals surface area contributed by atoms with Gasteiger partial charge in [-0.15, -0.1) is 0 Å². The Morgan fingerprint density at radius 3 is 2.20 bits per heavy atom. The summed E-state index contributed by atoms with van der Waals surface area (Å²) >= 11 is 0. The van der Waals surface area contributed by atoms with Crippen LogP contribution in [0.3, 0.4) is 0 Å². The van der Waals surface area contributed by atoms with Crippen LogP contribution in [-0.4, -0.2) is 0 Å². The van der Waals surface area contributed by atoms with Crippen LogP contribution in [0.5, 0.6) is 0 Å². The molecule has 0 N–H and O–H groups in total. The van der Waals surface area contributed by atoms with E-state index in [1.54, 1.807) is 0 Å². The quantitative estimate of drug-likeness (QED) is 0.549. The van der Waals surface area contributed by atoms with Crippen LogP contribution >= 0.6 is 0 Å². The van der Waals surface area contributed by atoms with Crippen molar-refractivity contribution in [2.75, 3.05) is 0 Å². The van der Waals surface area contributed by atoms with Crippen LogP contribution < -0.4 is 0 Å². The smallest absolute Gasteiger partial charge is 0.00460 e. The summed E-state index contributed by atoms with van der Waals surface area (Å²) in [6.07, 6.45) is 2.52. The van der Waals surface area contributed by atoms with E-state index in [4.69, 9.17) is 0 Å². The Balaban J connectivity index is 2.35. The molecule has 10 heavy (non-hydrogen) atoms. The van der Waals surface area contributed by atoms with Gasteiger partial charge < -0.3 is 0 Å². The molecule has 0 saturated heterocycles. The zero-order valence-electron chi connectivity index (χ0n) is 6.01. The predicted octanol–water partition coefficient (Wildman–Crippen LogP) is 2.55. The van der Waals surface area contributed by atoms with Crippen molar-refractivity contribution in [3.05, 3.63) is 42.8 Å². The first-order valence-corrected chi connectivity index (χ1v) is 3.72. The maximum Gasteiger partial charge on any atom is -0.00460 e. The van der Waals surface area contributed by atoms with E-state index < -0.39 is 0 Å². The first-order chi connectivity index (χ1) is 4.81. The summed E-state index contributed by atoms with van der Waals surface area (Å²) in [7, 11) is 0. The molecule has 0 spiro atoms. The lowest BCUT2D eigenvalue weighted by Gasteiger charge is -2.05. The van der Waals surface area contributed by atoms with Crippen molar-refractivity contribution in [3.8, 4) is 0 Å². The SMILES string of the molecule is [CH2]C1(c2ccccc2)CC1. The van der Waals surface area contributed by atoms with E-state index in [0.717, 1.165) is 0 Å². The Morgan fingerprint density at radius 1 is 1.10 bits per heavy atom. The van der Waals surface area contributed by atoms with Gasteiger partial charge in [-0.2, -0.15) is 0 Å². The summed E-state index contributed by atoms with van der Waals surface area (Å²) in [5, 5.41) is 0. The molecular formula is C10H11. The summed E-state index contributed by atoms with van der Waals surface area (Å²) in [6, 6.07) is 10.6. The van der Waals surface area contributed by atoms with E-state index in [0.29, 0.717) is 5.41 Å². The Labute approximate surface area is 61.9 Å². The highest BCUT2D eigenvalue weighted by Gasteiger charge is 2.38. The lowest BCUT2D eigenvalue weighted by atomic mass is 9.99. The van der Waals surface area contributed by atoms with Gasteiger partial charge >= 0.3 is 0 Å². The Bertz CT molecular complexity index is 219. The molecule has 1 aromatic carbocycles. The molecule has 0 aliphatic heterocycles. The summed E-state index contributed by atoms with van der Waals surface area (Å²) < 4.78 is 0. The van der Waals surface area contributed by atoms with Crippen molar-refractivity contribution in [1.29, 1.82) is 0 Å². The molecule has 2 rings (SSSR count). The van der Waals surface area contributed by atoms with E-state index in [-0.39, 0.29) is 0 Å². The molecule has 1 aromatic rings. The zero-order chi connectivity index (χ0) is 7.03. The summed E-state index contributed by atoms with van der Waals surface area (Å²) in [5.74, 6) is 0. The molecule has 0 aromatic heterocycles. The van der Waals surface area contributed by atoms with Gasteiger partial charge in [-0.05, 0) is 30.7 Å². The van der Waals surface area contributed by atoms with Gasteiger partial charge in [0, 0.05) is 0 Å². The fraction of sp³-hybridized carbons (Fsp3) is 0.300. The summed E-state index contributed by atoms with van der Waals surface area (Å²) in [5.41, 5.74) is 1.69. The molecule has 1 aliphatic rings. The summed E-state index contributed by atoms with van der Waals surface area (Å²) in [6.45, 7) is 4.15. The molecule has 0 heterocycles. The second-order valence-corrected chi connectivity index (χ2v) is 3.15. The van der Waals surface area contributed by atoms with Crippen LogP contribution in [0, 0.1) is 6.92 Å². The Kier molecular flexibility index (Phi) is 1.10. The molecule has 0 amide bonds. The normalized spacial score (nSPS) is 20.5. The molecule has 1 fully saturated rings. The lowest BCUT2D eigenvalue weighted by molar-refractivity contribution is 0.887. The molecule has 1 saturated carbocycles. The van der Waals surface area contributed by atoms with Crippen molar-refractivity contribution in [2.24, 2.45) is 0 Å². The highest BCUT2D eigenvalue weighted by Crippen LogP contribution is 2.46. The molecule has 0 atom stereocenters. The van der Waals surface area contributed by atoms with Gasteiger partial charge in [0.1, 0.15) is 0 Å². The average molecular weight is 131 g/mol. The van der Waals surface area contributed by atoms with E-state index >= 15 is 0 Å². The van der Waals surface area contributed by atoms with Crippen molar-refractivity contribution >= 4 is 0 Å². The first-order valence-electron chi connectivity index (χ1n) is 3.72. The third-order valence-corrected chi connectivity index (χ3v) is 2.24.